The number of nitrogens with zero attached hydrogens (tertiary/aromatic N) is 5. The van der Waals surface area contributed by atoms with Gasteiger partial charge in [0.2, 0.25) is 0 Å². The van der Waals surface area contributed by atoms with Crippen LogP contribution in [0.4, 0.5) is 22.1 Å². The molecular weight excluding hydrogens is 352 g/mol. The number of amides is 2. The molecule has 2 fully saturated rings. The largest absolute Gasteiger partial charge is 0.355 e. The Morgan fingerprint density at radius 3 is 1.93 bits per heavy atom. The number of urea groups is 1. The van der Waals surface area contributed by atoms with E-state index in [1.807, 2.05) is 36.1 Å². The standard InChI is InChI=1S/C21H28N6O/c1-17-5-7-18(8-6-17)22-21(28)27-15-13-26(14-16-27)20-10-9-19(23-24-20)25-11-3-2-4-12-25/h5-10H,2-4,11-16H2,1H3,(H,22,28). The lowest BCUT2D eigenvalue weighted by atomic mass is 10.1. The maximum absolute atomic E-state index is 12.5. The minimum Gasteiger partial charge on any atom is -0.355 e. The second kappa shape index (κ2) is 8.46. The van der Waals surface area contributed by atoms with Crippen molar-refractivity contribution in [2.45, 2.75) is 26.2 Å². The average molecular weight is 380 g/mol. The molecule has 2 aliphatic rings. The van der Waals surface area contributed by atoms with E-state index >= 15 is 0 Å². The van der Waals surface area contributed by atoms with E-state index < -0.39 is 0 Å². The van der Waals surface area contributed by atoms with Crippen LogP contribution in [0.25, 0.3) is 0 Å². The molecule has 2 amide bonds. The highest BCUT2D eigenvalue weighted by atomic mass is 16.2. The molecule has 3 heterocycles. The molecule has 7 heteroatoms. The van der Waals surface area contributed by atoms with Crippen LogP contribution in [0.15, 0.2) is 36.4 Å². The zero-order valence-corrected chi connectivity index (χ0v) is 16.5. The van der Waals surface area contributed by atoms with E-state index in [4.69, 9.17) is 0 Å². The Morgan fingerprint density at radius 1 is 0.786 bits per heavy atom. The maximum Gasteiger partial charge on any atom is 0.321 e. The summed E-state index contributed by atoms with van der Waals surface area (Å²) in [4.78, 5) is 18.8. The fourth-order valence-electron chi connectivity index (χ4n) is 3.76. The Bertz CT molecular complexity index is 778. The number of hydrogen-bond donors (Lipinski definition) is 1. The van der Waals surface area contributed by atoms with Crippen molar-refractivity contribution in [1.82, 2.24) is 15.1 Å². The van der Waals surface area contributed by atoms with Gasteiger partial charge in [0.05, 0.1) is 0 Å². The van der Waals surface area contributed by atoms with Crippen LogP contribution in [-0.4, -0.2) is 60.4 Å². The molecule has 0 radical (unpaired) electrons. The second-order valence-corrected chi connectivity index (χ2v) is 7.57. The molecule has 4 rings (SSSR count). The highest BCUT2D eigenvalue weighted by Crippen LogP contribution is 2.20. The van der Waals surface area contributed by atoms with Crippen molar-refractivity contribution < 1.29 is 4.79 Å². The Labute approximate surface area is 166 Å². The third kappa shape index (κ3) is 4.35. The molecule has 2 aliphatic heterocycles. The van der Waals surface area contributed by atoms with Crippen molar-refractivity contribution in [3.63, 3.8) is 0 Å². The minimum absolute atomic E-state index is 0.0463. The summed E-state index contributed by atoms with van der Waals surface area (Å²) >= 11 is 0. The van der Waals surface area contributed by atoms with E-state index in [-0.39, 0.29) is 6.03 Å². The summed E-state index contributed by atoms with van der Waals surface area (Å²) in [5, 5.41) is 11.8. The normalized spacial score (nSPS) is 17.5. The molecule has 1 N–H and O–H groups in total. The topological polar surface area (TPSA) is 64.6 Å². The smallest absolute Gasteiger partial charge is 0.321 e. The van der Waals surface area contributed by atoms with Gasteiger partial charge in [0, 0.05) is 45.0 Å². The van der Waals surface area contributed by atoms with Gasteiger partial charge in [-0.3, -0.25) is 0 Å². The van der Waals surface area contributed by atoms with Crippen molar-refractivity contribution in [1.29, 1.82) is 0 Å². The molecule has 2 aromatic rings. The van der Waals surface area contributed by atoms with E-state index in [0.717, 1.165) is 43.5 Å². The predicted octanol–water partition coefficient (Wildman–Crippen LogP) is 3.13. The number of aryl methyl sites for hydroxylation is 1. The average Bonchev–Trinajstić information content (AvgIpc) is 2.76. The highest BCUT2D eigenvalue weighted by Gasteiger charge is 2.22. The lowest BCUT2D eigenvalue weighted by Crippen LogP contribution is -2.50. The number of piperidine rings is 1. The van der Waals surface area contributed by atoms with Crippen LogP contribution in [0, 0.1) is 6.92 Å². The Balaban J connectivity index is 1.29. The molecule has 0 atom stereocenters. The summed E-state index contributed by atoms with van der Waals surface area (Å²) in [6.07, 6.45) is 3.77. The van der Waals surface area contributed by atoms with Gasteiger partial charge >= 0.3 is 6.03 Å². The van der Waals surface area contributed by atoms with Crippen LogP contribution >= 0.6 is 0 Å². The summed E-state index contributed by atoms with van der Waals surface area (Å²) in [5.74, 6) is 1.86. The number of aromatic nitrogens is 2. The number of carbonyl (C=O) groups is 1. The molecule has 0 spiro atoms. The lowest BCUT2D eigenvalue weighted by molar-refractivity contribution is 0.208. The van der Waals surface area contributed by atoms with Crippen molar-refractivity contribution in [2.24, 2.45) is 0 Å². The van der Waals surface area contributed by atoms with Crippen molar-refractivity contribution in [3.8, 4) is 0 Å². The summed E-state index contributed by atoms with van der Waals surface area (Å²) in [5.41, 5.74) is 2.01. The van der Waals surface area contributed by atoms with Crippen molar-refractivity contribution in [3.05, 3.63) is 42.0 Å². The Kier molecular flexibility index (Phi) is 5.60. The van der Waals surface area contributed by atoms with Crippen molar-refractivity contribution >= 4 is 23.4 Å². The van der Waals surface area contributed by atoms with Crippen LogP contribution in [0.2, 0.25) is 0 Å². The molecule has 0 aliphatic carbocycles. The van der Waals surface area contributed by atoms with Crippen LogP contribution in [0.5, 0.6) is 0 Å². The van der Waals surface area contributed by atoms with Crippen molar-refractivity contribution in [2.75, 3.05) is 54.4 Å². The SMILES string of the molecule is Cc1ccc(NC(=O)N2CCN(c3ccc(N4CCCCC4)nn3)CC2)cc1. The fraction of sp³-hybridized carbons (Fsp3) is 0.476. The van der Waals surface area contributed by atoms with E-state index in [1.165, 1.54) is 24.8 Å². The van der Waals surface area contributed by atoms with Crippen LogP contribution in [0.3, 0.4) is 0 Å². The predicted molar refractivity (Wildman–Crippen MR) is 112 cm³/mol. The molecule has 0 saturated carbocycles. The van der Waals surface area contributed by atoms with Gasteiger partial charge < -0.3 is 20.0 Å². The third-order valence-electron chi connectivity index (χ3n) is 5.51. The maximum atomic E-state index is 12.5. The highest BCUT2D eigenvalue weighted by molar-refractivity contribution is 5.89. The van der Waals surface area contributed by atoms with Gasteiger partial charge in [-0.25, -0.2) is 4.79 Å². The van der Waals surface area contributed by atoms with Gasteiger partial charge in [0.15, 0.2) is 11.6 Å². The Hall–Kier alpha value is -2.83. The number of benzene rings is 1. The molecule has 1 aromatic heterocycles. The van der Waals surface area contributed by atoms with E-state index in [2.05, 4.69) is 37.4 Å². The number of anilines is 3. The minimum atomic E-state index is -0.0463. The molecule has 0 bridgehead atoms. The van der Waals surface area contributed by atoms with E-state index in [0.29, 0.717) is 13.1 Å². The third-order valence-corrected chi connectivity index (χ3v) is 5.51. The number of nitrogens with one attached hydrogen (secondary N) is 1. The molecule has 7 nitrogen and oxygen atoms in total. The molecule has 0 unspecified atom stereocenters. The first-order valence-corrected chi connectivity index (χ1v) is 10.2. The van der Waals surface area contributed by atoms with E-state index in [9.17, 15) is 4.79 Å². The second-order valence-electron chi connectivity index (χ2n) is 7.57. The van der Waals surface area contributed by atoms with E-state index in [1.54, 1.807) is 0 Å². The van der Waals surface area contributed by atoms with Crippen LogP contribution < -0.4 is 15.1 Å². The lowest BCUT2D eigenvalue weighted by Gasteiger charge is -2.35. The van der Waals surface area contributed by atoms with Crippen LogP contribution in [0.1, 0.15) is 24.8 Å². The zero-order chi connectivity index (χ0) is 19.3. The summed E-state index contributed by atoms with van der Waals surface area (Å²) < 4.78 is 0. The molecular formula is C21H28N6O. The monoisotopic (exact) mass is 380 g/mol. The molecule has 2 saturated heterocycles. The number of hydrogen-bond acceptors (Lipinski definition) is 5. The van der Waals surface area contributed by atoms with Gasteiger partial charge in [0.25, 0.3) is 0 Å². The first-order valence-electron chi connectivity index (χ1n) is 10.2. The summed E-state index contributed by atoms with van der Waals surface area (Å²) in [7, 11) is 0. The number of piperazine rings is 1. The first kappa shape index (κ1) is 18.5. The first-order chi connectivity index (χ1) is 13.7. The quantitative estimate of drug-likeness (QED) is 0.886. The Morgan fingerprint density at radius 2 is 1.36 bits per heavy atom. The molecule has 1 aromatic carbocycles. The van der Waals surface area contributed by atoms with Crippen LogP contribution in [-0.2, 0) is 0 Å². The zero-order valence-electron chi connectivity index (χ0n) is 16.5. The molecule has 28 heavy (non-hydrogen) atoms. The number of carbonyl (C=O) groups excluding carboxylic acids is 1. The van der Waals surface area contributed by atoms with Gasteiger partial charge in [-0.15, -0.1) is 10.2 Å². The fourth-order valence-corrected chi connectivity index (χ4v) is 3.76. The number of rotatable bonds is 3. The van der Waals surface area contributed by atoms with Gasteiger partial charge in [0.1, 0.15) is 0 Å². The van der Waals surface area contributed by atoms with Gasteiger partial charge in [-0.2, -0.15) is 0 Å². The molecule has 148 valence electrons. The van der Waals surface area contributed by atoms with Gasteiger partial charge in [-0.05, 0) is 50.5 Å². The summed E-state index contributed by atoms with van der Waals surface area (Å²) in [6.45, 7) is 7.05. The van der Waals surface area contributed by atoms with Gasteiger partial charge in [-0.1, -0.05) is 17.7 Å². The summed E-state index contributed by atoms with van der Waals surface area (Å²) in [6, 6.07) is 11.9.